The lowest BCUT2D eigenvalue weighted by Gasteiger charge is -2.29. The van der Waals surface area contributed by atoms with Gasteiger partial charge in [0.2, 0.25) is 0 Å². The van der Waals surface area contributed by atoms with Gasteiger partial charge in [-0.25, -0.2) is 0 Å². The van der Waals surface area contributed by atoms with Crippen LogP contribution in [-0.2, 0) is 0 Å². The van der Waals surface area contributed by atoms with Crippen molar-refractivity contribution in [3.63, 3.8) is 0 Å². The molecule has 0 saturated carbocycles. The molecule has 1 unspecified atom stereocenters. The normalized spacial score (nSPS) is 13.7. The second kappa shape index (κ2) is 4.06. The summed E-state index contributed by atoms with van der Waals surface area (Å²) in [6, 6.07) is 3.29. The number of nitrogens with two attached hydrogens (primary N) is 1. The molecule has 84 valence electrons. The first-order valence-electron chi connectivity index (χ1n) is 4.97. The summed E-state index contributed by atoms with van der Waals surface area (Å²) in [5.74, 6) is 0.811. The van der Waals surface area contributed by atoms with Gasteiger partial charge in [0, 0.05) is 11.6 Å². The lowest BCUT2D eigenvalue weighted by atomic mass is 9.97. The summed E-state index contributed by atoms with van der Waals surface area (Å²) in [5.41, 5.74) is 5.31. The van der Waals surface area contributed by atoms with Gasteiger partial charge in [-0.3, -0.25) is 4.79 Å². The van der Waals surface area contributed by atoms with Crippen LogP contribution in [0.1, 0.15) is 37.1 Å². The SMILES string of the molecule is Cc1ccc(C(=O)NC(C)(C)C(C)N)o1. The maximum Gasteiger partial charge on any atom is 0.287 e. The van der Waals surface area contributed by atoms with Crippen LogP contribution in [0.25, 0.3) is 0 Å². The third-order valence-corrected chi connectivity index (χ3v) is 2.54. The molecule has 1 amide bonds. The third kappa shape index (κ3) is 2.83. The Morgan fingerprint density at radius 2 is 2.13 bits per heavy atom. The van der Waals surface area contributed by atoms with Gasteiger partial charge in [-0.05, 0) is 39.8 Å². The van der Waals surface area contributed by atoms with Crippen molar-refractivity contribution in [2.75, 3.05) is 0 Å². The fourth-order valence-corrected chi connectivity index (χ4v) is 1.02. The van der Waals surface area contributed by atoms with Crippen LogP contribution in [0.5, 0.6) is 0 Å². The van der Waals surface area contributed by atoms with E-state index >= 15 is 0 Å². The Bertz CT molecular complexity index is 353. The number of aryl methyl sites for hydroxylation is 1. The number of carbonyl (C=O) groups excluding carboxylic acids is 1. The number of rotatable bonds is 3. The zero-order chi connectivity index (χ0) is 11.6. The van der Waals surface area contributed by atoms with Gasteiger partial charge >= 0.3 is 0 Å². The first-order chi connectivity index (χ1) is 6.83. The van der Waals surface area contributed by atoms with Crippen LogP contribution in [0.4, 0.5) is 0 Å². The molecule has 0 radical (unpaired) electrons. The van der Waals surface area contributed by atoms with Crippen LogP contribution in [0.15, 0.2) is 16.5 Å². The van der Waals surface area contributed by atoms with Gasteiger partial charge in [-0.1, -0.05) is 0 Å². The Labute approximate surface area is 89.8 Å². The number of hydrogen-bond acceptors (Lipinski definition) is 3. The van der Waals surface area contributed by atoms with Crippen molar-refractivity contribution < 1.29 is 9.21 Å². The maximum atomic E-state index is 11.7. The number of hydrogen-bond donors (Lipinski definition) is 2. The highest BCUT2D eigenvalue weighted by molar-refractivity contribution is 5.92. The van der Waals surface area contributed by atoms with E-state index in [4.69, 9.17) is 10.2 Å². The number of carbonyl (C=O) groups is 1. The molecule has 1 atom stereocenters. The predicted octanol–water partition coefficient (Wildman–Crippen LogP) is 1.44. The first kappa shape index (κ1) is 11.8. The Hall–Kier alpha value is -1.29. The van der Waals surface area contributed by atoms with Gasteiger partial charge in [0.05, 0.1) is 0 Å². The smallest absolute Gasteiger partial charge is 0.287 e. The van der Waals surface area contributed by atoms with Crippen LogP contribution in [0.3, 0.4) is 0 Å². The zero-order valence-corrected chi connectivity index (χ0v) is 9.63. The molecule has 0 spiro atoms. The van der Waals surface area contributed by atoms with Crippen LogP contribution in [0, 0.1) is 6.92 Å². The number of amides is 1. The highest BCUT2D eigenvalue weighted by Crippen LogP contribution is 2.11. The molecule has 0 aliphatic carbocycles. The molecule has 0 bridgehead atoms. The zero-order valence-electron chi connectivity index (χ0n) is 9.63. The van der Waals surface area contributed by atoms with Crippen molar-refractivity contribution >= 4 is 5.91 Å². The van der Waals surface area contributed by atoms with E-state index in [9.17, 15) is 4.79 Å². The van der Waals surface area contributed by atoms with Gasteiger partial charge in [-0.15, -0.1) is 0 Å². The predicted molar refractivity (Wildman–Crippen MR) is 58.6 cm³/mol. The van der Waals surface area contributed by atoms with Gasteiger partial charge in [-0.2, -0.15) is 0 Å². The van der Waals surface area contributed by atoms with E-state index in [0.717, 1.165) is 5.76 Å². The quantitative estimate of drug-likeness (QED) is 0.793. The van der Waals surface area contributed by atoms with Gasteiger partial charge in [0.15, 0.2) is 5.76 Å². The monoisotopic (exact) mass is 210 g/mol. The molecular formula is C11H18N2O2. The maximum absolute atomic E-state index is 11.7. The van der Waals surface area contributed by atoms with Crippen molar-refractivity contribution in [1.82, 2.24) is 5.32 Å². The van der Waals surface area contributed by atoms with Gasteiger partial charge in [0.25, 0.3) is 5.91 Å². The fraction of sp³-hybridized carbons (Fsp3) is 0.545. The summed E-state index contributed by atoms with van der Waals surface area (Å²) in [5, 5.41) is 2.83. The van der Waals surface area contributed by atoms with Crippen molar-refractivity contribution in [2.24, 2.45) is 5.73 Å². The second-order valence-corrected chi connectivity index (χ2v) is 4.37. The highest BCUT2D eigenvalue weighted by atomic mass is 16.3. The summed E-state index contributed by atoms with van der Waals surface area (Å²) in [4.78, 5) is 11.7. The molecule has 1 rings (SSSR count). The molecule has 0 fully saturated rings. The lowest BCUT2D eigenvalue weighted by Crippen LogP contribution is -2.54. The molecule has 1 aromatic heterocycles. The summed E-state index contributed by atoms with van der Waals surface area (Å²) < 4.78 is 5.22. The second-order valence-electron chi connectivity index (χ2n) is 4.37. The summed E-state index contributed by atoms with van der Waals surface area (Å²) in [7, 11) is 0. The molecule has 3 N–H and O–H groups in total. The van der Waals surface area contributed by atoms with E-state index in [-0.39, 0.29) is 11.9 Å². The van der Waals surface area contributed by atoms with E-state index in [2.05, 4.69) is 5.32 Å². The topological polar surface area (TPSA) is 68.3 Å². The first-order valence-corrected chi connectivity index (χ1v) is 4.97. The fourth-order valence-electron chi connectivity index (χ4n) is 1.02. The molecule has 1 heterocycles. The lowest BCUT2D eigenvalue weighted by molar-refractivity contribution is 0.0873. The van der Waals surface area contributed by atoms with Crippen LogP contribution in [0.2, 0.25) is 0 Å². The molecule has 4 heteroatoms. The van der Waals surface area contributed by atoms with E-state index in [1.165, 1.54) is 0 Å². The van der Waals surface area contributed by atoms with E-state index in [1.807, 2.05) is 20.8 Å². The van der Waals surface area contributed by atoms with Crippen molar-refractivity contribution in [3.05, 3.63) is 23.7 Å². The average Bonchev–Trinajstić information content (AvgIpc) is 2.50. The minimum atomic E-state index is -0.447. The summed E-state index contributed by atoms with van der Waals surface area (Å²) >= 11 is 0. The third-order valence-electron chi connectivity index (χ3n) is 2.54. The minimum Gasteiger partial charge on any atom is -0.456 e. The Morgan fingerprint density at radius 3 is 2.53 bits per heavy atom. The number of nitrogens with one attached hydrogen (secondary N) is 1. The molecule has 0 aliphatic heterocycles. The van der Waals surface area contributed by atoms with Crippen molar-refractivity contribution in [1.29, 1.82) is 0 Å². The standard InChI is InChI=1S/C11H18N2O2/c1-7-5-6-9(15-7)10(14)13-11(3,4)8(2)12/h5-6,8H,12H2,1-4H3,(H,13,14). The summed E-state index contributed by atoms with van der Waals surface area (Å²) in [6.07, 6.45) is 0. The van der Waals surface area contributed by atoms with Crippen LogP contribution >= 0.6 is 0 Å². The molecule has 0 aliphatic rings. The Kier molecular flexibility index (Phi) is 3.19. The van der Waals surface area contributed by atoms with Crippen LogP contribution in [-0.4, -0.2) is 17.5 Å². The van der Waals surface area contributed by atoms with Gasteiger partial charge < -0.3 is 15.5 Å². The van der Waals surface area contributed by atoms with E-state index < -0.39 is 5.54 Å². The Balaban J connectivity index is 2.72. The number of furan rings is 1. The minimum absolute atomic E-state index is 0.127. The largest absolute Gasteiger partial charge is 0.456 e. The van der Waals surface area contributed by atoms with Crippen molar-refractivity contribution in [2.45, 2.75) is 39.3 Å². The van der Waals surface area contributed by atoms with Crippen LogP contribution < -0.4 is 11.1 Å². The molecule has 4 nitrogen and oxygen atoms in total. The Morgan fingerprint density at radius 1 is 1.53 bits per heavy atom. The van der Waals surface area contributed by atoms with E-state index in [1.54, 1.807) is 19.1 Å². The summed E-state index contributed by atoms with van der Waals surface area (Å²) in [6.45, 7) is 7.41. The molecule has 0 saturated heterocycles. The molecular weight excluding hydrogens is 192 g/mol. The highest BCUT2D eigenvalue weighted by Gasteiger charge is 2.26. The van der Waals surface area contributed by atoms with E-state index in [0.29, 0.717) is 5.76 Å². The van der Waals surface area contributed by atoms with Crippen molar-refractivity contribution in [3.8, 4) is 0 Å². The van der Waals surface area contributed by atoms with Gasteiger partial charge in [0.1, 0.15) is 5.76 Å². The average molecular weight is 210 g/mol. The molecule has 1 aromatic rings. The molecule has 0 aromatic carbocycles. The molecule has 15 heavy (non-hydrogen) atoms.